The van der Waals surface area contributed by atoms with Crippen molar-refractivity contribution in [3.63, 3.8) is 0 Å². The highest BCUT2D eigenvalue weighted by molar-refractivity contribution is 5.54. The van der Waals surface area contributed by atoms with Crippen molar-refractivity contribution in [2.45, 2.75) is 40.7 Å². The number of hydrogen-bond acceptors (Lipinski definition) is 4. The molecule has 0 unspecified atom stereocenters. The molecule has 0 aromatic carbocycles. The van der Waals surface area contributed by atoms with E-state index in [0.717, 1.165) is 41.7 Å². The Balaban J connectivity index is 2.10. The van der Waals surface area contributed by atoms with E-state index in [1.165, 1.54) is 0 Å². The maximum absolute atomic E-state index is 4.71. The Bertz CT molecular complexity index is 785. The highest BCUT2D eigenvalue weighted by Crippen LogP contribution is 2.23. The fourth-order valence-corrected chi connectivity index (χ4v) is 2.65. The molecule has 0 aliphatic carbocycles. The van der Waals surface area contributed by atoms with Crippen molar-refractivity contribution in [3.05, 3.63) is 42.1 Å². The summed E-state index contributed by atoms with van der Waals surface area (Å²) in [6.07, 6.45) is 4.50. The first kappa shape index (κ1) is 15.4. The van der Waals surface area contributed by atoms with E-state index < -0.39 is 0 Å². The zero-order chi connectivity index (χ0) is 16.4. The van der Waals surface area contributed by atoms with E-state index in [-0.39, 0.29) is 0 Å². The van der Waals surface area contributed by atoms with Crippen LogP contribution >= 0.6 is 0 Å². The van der Waals surface area contributed by atoms with E-state index >= 15 is 0 Å². The minimum absolute atomic E-state index is 0.570. The van der Waals surface area contributed by atoms with Crippen molar-refractivity contribution < 1.29 is 0 Å². The number of pyridine rings is 1. The summed E-state index contributed by atoms with van der Waals surface area (Å²) in [6.45, 7) is 9.19. The summed E-state index contributed by atoms with van der Waals surface area (Å²) >= 11 is 0. The Hall–Kier alpha value is -2.50. The fourth-order valence-electron chi connectivity index (χ4n) is 2.65. The lowest BCUT2D eigenvalue weighted by molar-refractivity contribution is 0.601. The number of aromatic nitrogens is 6. The monoisotopic (exact) mass is 310 g/mol. The molecular weight excluding hydrogens is 288 g/mol. The average Bonchev–Trinajstić information content (AvgIpc) is 3.10. The SMILES string of the molecule is CCn1nc(CC(C)C)cc1-c1nc(C)nn1-c1cccnc1. The third kappa shape index (κ3) is 3.16. The van der Waals surface area contributed by atoms with Crippen LogP contribution in [0.15, 0.2) is 30.6 Å². The van der Waals surface area contributed by atoms with Crippen LogP contribution in [0.25, 0.3) is 17.2 Å². The lowest BCUT2D eigenvalue weighted by Gasteiger charge is -2.06. The Morgan fingerprint density at radius 1 is 1.22 bits per heavy atom. The molecule has 6 nitrogen and oxygen atoms in total. The molecule has 0 aliphatic rings. The van der Waals surface area contributed by atoms with Crippen LogP contribution in [0.3, 0.4) is 0 Å². The van der Waals surface area contributed by atoms with E-state index in [1.54, 1.807) is 12.4 Å². The van der Waals surface area contributed by atoms with Gasteiger partial charge in [-0.3, -0.25) is 9.67 Å². The van der Waals surface area contributed by atoms with Crippen molar-refractivity contribution in [3.8, 4) is 17.2 Å². The molecule has 3 aromatic rings. The van der Waals surface area contributed by atoms with Crippen LogP contribution in [0.4, 0.5) is 0 Å². The molecule has 0 fully saturated rings. The highest BCUT2D eigenvalue weighted by atomic mass is 15.4. The van der Waals surface area contributed by atoms with E-state index in [1.807, 2.05) is 28.4 Å². The second-order valence-corrected chi connectivity index (χ2v) is 6.04. The van der Waals surface area contributed by atoms with Crippen LogP contribution in [0.5, 0.6) is 0 Å². The molecule has 0 saturated heterocycles. The van der Waals surface area contributed by atoms with Crippen molar-refractivity contribution in [1.82, 2.24) is 29.5 Å². The molecule has 0 bridgehead atoms. The topological polar surface area (TPSA) is 61.4 Å². The van der Waals surface area contributed by atoms with Gasteiger partial charge in [0.1, 0.15) is 11.5 Å². The first-order chi connectivity index (χ1) is 11.1. The minimum Gasteiger partial charge on any atom is -0.262 e. The van der Waals surface area contributed by atoms with Gasteiger partial charge in [0.15, 0.2) is 5.82 Å². The molecule has 0 radical (unpaired) electrons. The van der Waals surface area contributed by atoms with Crippen molar-refractivity contribution in [2.75, 3.05) is 0 Å². The second kappa shape index (κ2) is 6.32. The van der Waals surface area contributed by atoms with Gasteiger partial charge < -0.3 is 0 Å². The van der Waals surface area contributed by atoms with E-state index in [9.17, 15) is 0 Å². The summed E-state index contributed by atoms with van der Waals surface area (Å²) in [5, 5.41) is 9.24. The molecule has 0 aliphatic heterocycles. The molecule has 0 saturated carbocycles. The van der Waals surface area contributed by atoms with Gasteiger partial charge in [0.05, 0.1) is 17.6 Å². The summed E-state index contributed by atoms with van der Waals surface area (Å²) < 4.78 is 3.83. The average molecular weight is 310 g/mol. The minimum atomic E-state index is 0.570. The van der Waals surface area contributed by atoms with Gasteiger partial charge >= 0.3 is 0 Å². The normalized spacial score (nSPS) is 11.3. The molecular formula is C17H22N6. The van der Waals surface area contributed by atoms with E-state index in [2.05, 4.69) is 41.9 Å². The van der Waals surface area contributed by atoms with Crippen molar-refractivity contribution >= 4 is 0 Å². The van der Waals surface area contributed by atoms with Gasteiger partial charge in [-0.25, -0.2) is 9.67 Å². The number of rotatable bonds is 5. The second-order valence-electron chi connectivity index (χ2n) is 6.04. The summed E-state index contributed by atoms with van der Waals surface area (Å²) in [5.41, 5.74) is 2.99. The molecule has 0 amide bonds. The van der Waals surface area contributed by atoms with Crippen LogP contribution in [-0.4, -0.2) is 29.5 Å². The predicted octanol–water partition coefficient (Wildman–Crippen LogP) is 3.05. The lowest BCUT2D eigenvalue weighted by atomic mass is 10.1. The van der Waals surface area contributed by atoms with Crippen LogP contribution in [0, 0.1) is 12.8 Å². The summed E-state index contributed by atoms with van der Waals surface area (Å²) in [5.74, 6) is 2.11. The molecule has 120 valence electrons. The van der Waals surface area contributed by atoms with Crippen LogP contribution in [0.1, 0.15) is 32.3 Å². The van der Waals surface area contributed by atoms with E-state index in [4.69, 9.17) is 5.10 Å². The van der Waals surface area contributed by atoms with Gasteiger partial charge in [-0.2, -0.15) is 10.2 Å². The van der Waals surface area contributed by atoms with Gasteiger partial charge in [0.25, 0.3) is 0 Å². The van der Waals surface area contributed by atoms with Crippen LogP contribution < -0.4 is 0 Å². The van der Waals surface area contributed by atoms with Gasteiger partial charge in [0.2, 0.25) is 0 Å². The smallest absolute Gasteiger partial charge is 0.181 e. The molecule has 0 spiro atoms. The van der Waals surface area contributed by atoms with Gasteiger partial charge in [-0.05, 0) is 44.4 Å². The van der Waals surface area contributed by atoms with Crippen molar-refractivity contribution in [1.29, 1.82) is 0 Å². The zero-order valence-corrected chi connectivity index (χ0v) is 14.1. The number of hydrogen-bond donors (Lipinski definition) is 0. The zero-order valence-electron chi connectivity index (χ0n) is 14.1. The molecule has 6 heteroatoms. The van der Waals surface area contributed by atoms with Gasteiger partial charge in [-0.1, -0.05) is 13.8 Å². The number of nitrogens with zero attached hydrogens (tertiary/aromatic N) is 6. The fraction of sp³-hybridized carbons (Fsp3) is 0.412. The Labute approximate surface area is 136 Å². The predicted molar refractivity (Wildman–Crippen MR) is 89.3 cm³/mol. The Morgan fingerprint density at radius 3 is 2.70 bits per heavy atom. The highest BCUT2D eigenvalue weighted by Gasteiger charge is 2.18. The van der Waals surface area contributed by atoms with Gasteiger partial charge in [0, 0.05) is 12.7 Å². The maximum atomic E-state index is 4.71. The molecule has 0 N–H and O–H groups in total. The molecule has 23 heavy (non-hydrogen) atoms. The van der Waals surface area contributed by atoms with Crippen molar-refractivity contribution in [2.24, 2.45) is 5.92 Å². The summed E-state index contributed by atoms with van der Waals surface area (Å²) in [7, 11) is 0. The first-order valence-electron chi connectivity index (χ1n) is 7.99. The molecule has 3 heterocycles. The standard InChI is InChI=1S/C17H22N6/c1-5-22-16(10-14(21-22)9-12(2)3)17-19-13(4)20-23(17)15-7-6-8-18-11-15/h6-8,10-12H,5,9H2,1-4H3. The van der Waals surface area contributed by atoms with Gasteiger partial charge in [-0.15, -0.1) is 0 Å². The number of aryl methyl sites for hydroxylation is 2. The molecule has 3 aromatic heterocycles. The third-order valence-corrected chi connectivity index (χ3v) is 3.58. The first-order valence-corrected chi connectivity index (χ1v) is 7.99. The lowest BCUT2D eigenvalue weighted by Crippen LogP contribution is -2.05. The quantitative estimate of drug-likeness (QED) is 0.726. The van der Waals surface area contributed by atoms with E-state index in [0.29, 0.717) is 5.92 Å². The molecule has 0 atom stereocenters. The third-order valence-electron chi connectivity index (χ3n) is 3.58. The summed E-state index contributed by atoms with van der Waals surface area (Å²) in [6, 6.07) is 6.00. The largest absolute Gasteiger partial charge is 0.262 e. The molecule has 3 rings (SSSR count). The Kier molecular flexibility index (Phi) is 4.23. The maximum Gasteiger partial charge on any atom is 0.181 e. The Morgan fingerprint density at radius 2 is 2.04 bits per heavy atom. The summed E-state index contributed by atoms with van der Waals surface area (Å²) in [4.78, 5) is 8.80. The van der Waals surface area contributed by atoms with Crippen LogP contribution in [0.2, 0.25) is 0 Å². The van der Waals surface area contributed by atoms with Crippen LogP contribution in [-0.2, 0) is 13.0 Å².